The summed E-state index contributed by atoms with van der Waals surface area (Å²) >= 11 is 3.45. The predicted octanol–water partition coefficient (Wildman–Crippen LogP) is 4.95. The van der Waals surface area contributed by atoms with Crippen LogP contribution in [0.2, 0.25) is 0 Å². The molecule has 1 aliphatic rings. The molecule has 0 atom stereocenters. The zero-order chi connectivity index (χ0) is 18.5. The first-order chi connectivity index (χ1) is 13.3. The summed E-state index contributed by atoms with van der Waals surface area (Å²) in [5.74, 6) is 0.871. The van der Waals surface area contributed by atoms with Crippen molar-refractivity contribution in [2.45, 2.75) is 13.2 Å². The Kier molecular flexibility index (Phi) is 5.84. The van der Waals surface area contributed by atoms with E-state index in [9.17, 15) is 0 Å². The molecule has 27 heavy (non-hydrogen) atoms. The van der Waals surface area contributed by atoms with Crippen molar-refractivity contribution in [2.24, 2.45) is 0 Å². The van der Waals surface area contributed by atoms with Crippen LogP contribution in [0.1, 0.15) is 11.1 Å². The summed E-state index contributed by atoms with van der Waals surface area (Å²) in [4.78, 5) is 5.46. The lowest BCUT2D eigenvalue weighted by Crippen LogP contribution is -2.20. The average Bonchev–Trinajstić information content (AvgIpc) is 3.21. The Balaban J connectivity index is 1.41. The number of nitrogens with zero attached hydrogens (tertiary/aromatic N) is 1. The lowest BCUT2D eigenvalue weighted by molar-refractivity contribution is -0.117. The SMILES string of the molecule is Brc1ccc(COc2cccc(-c3ccc(CN4CNCO4)cc3)c2)cc1. The highest BCUT2D eigenvalue weighted by Crippen LogP contribution is 2.25. The molecule has 3 aromatic rings. The molecule has 0 bridgehead atoms. The molecule has 1 fully saturated rings. The van der Waals surface area contributed by atoms with Crippen LogP contribution >= 0.6 is 15.9 Å². The largest absolute Gasteiger partial charge is 0.489 e. The van der Waals surface area contributed by atoms with Crippen LogP contribution in [0.4, 0.5) is 0 Å². The molecular formula is C22H21BrN2O2. The van der Waals surface area contributed by atoms with Crippen LogP contribution in [-0.4, -0.2) is 18.5 Å². The highest BCUT2D eigenvalue weighted by Gasteiger charge is 2.11. The van der Waals surface area contributed by atoms with E-state index in [0.717, 1.165) is 34.6 Å². The van der Waals surface area contributed by atoms with Gasteiger partial charge in [0.2, 0.25) is 0 Å². The van der Waals surface area contributed by atoms with Gasteiger partial charge >= 0.3 is 0 Å². The smallest absolute Gasteiger partial charge is 0.120 e. The second kappa shape index (κ2) is 8.67. The van der Waals surface area contributed by atoms with Crippen LogP contribution in [0.5, 0.6) is 5.75 Å². The third-order valence-electron chi connectivity index (χ3n) is 4.44. The molecule has 0 spiro atoms. The fraction of sp³-hybridized carbons (Fsp3) is 0.182. The molecule has 1 N–H and O–H groups in total. The Labute approximate surface area is 167 Å². The monoisotopic (exact) mass is 424 g/mol. The van der Waals surface area contributed by atoms with Crippen molar-refractivity contribution in [3.8, 4) is 16.9 Å². The summed E-state index contributed by atoms with van der Waals surface area (Å²) in [5, 5.41) is 5.07. The first-order valence-electron chi connectivity index (χ1n) is 8.91. The standard InChI is InChI=1S/C22H21BrN2O2/c23-21-10-6-18(7-11-21)14-26-22-3-1-2-20(12-22)19-8-4-17(5-9-19)13-25-15-24-16-27-25/h1-12,24H,13-16H2. The topological polar surface area (TPSA) is 33.7 Å². The second-order valence-corrected chi connectivity index (χ2v) is 7.38. The van der Waals surface area contributed by atoms with Crippen molar-refractivity contribution in [3.05, 3.63) is 88.4 Å². The number of nitrogens with one attached hydrogen (secondary N) is 1. The van der Waals surface area contributed by atoms with Gasteiger partial charge in [0, 0.05) is 4.47 Å². The molecule has 138 valence electrons. The van der Waals surface area contributed by atoms with Gasteiger partial charge in [-0.1, -0.05) is 64.5 Å². The van der Waals surface area contributed by atoms with Gasteiger partial charge in [-0.05, 0) is 46.5 Å². The Morgan fingerprint density at radius 1 is 0.926 bits per heavy atom. The van der Waals surface area contributed by atoms with E-state index < -0.39 is 0 Å². The number of hydroxylamine groups is 2. The van der Waals surface area contributed by atoms with Crippen molar-refractivity contribution >= 4 is 15.9 Å². The van der Waals surface area contributed by atoms with E-state index >= 15 is 0 Å². The maximum atomic E-state index is 5.96. The summed E-state index contributed by atoms with van der Waals surface area (Å²) in [6.45, 7) is 2.69. The quantitative estimate of drug-likeness (QED) is 0.606. The van der Waals surface area contributed by atoms with Gasteiger partial charge in [0.05, 0.1) is 13.2 Å². The molecule has 0 aromatic heterocycles. The highest BCUT2D eigenvalue weighted by atomic mass is 79.9. The first kappa shape index (κ1) is 18.2. The van der Waals surface area contributed by atoms with Gasteiger partial charge in [-0.15, -0.1) is 0 Å². The first-order valence-corrected chi connectivity index (χ1v) is 9.71. The molecule has 0 radical (unpaired) electrons. The molecule has 0 amide bonds. The molecule has 4 rings (SSSR count). The average molecular weight is 425 g/mol. The number of benzene rings is 3. The number of hydrogen-bond acceptors (Lipinski definition) is 4. The van der Waals surface area contributed by atoms with E-state index in [1.54, 1.807) is 0 Å². The summed E-state index contributed by atoms with van der Waals surface area (Å²) in [6, 6.07) is 25.0. The fourth-order valence-electron chi connectivity index (χ4n) is 2.97. The molecule has 1 saturated heterocycles. The van der Waals surface area contributed by atoms with E-state index in [-0.39, 0.29) is 0 Å². The second-order valence-electron chi connectivity index (χ2n) is 6.46. The Morgan fingerprint density at radius 2 is 1.70 bits per heavy atom. The Bertz CT molecular complexity index is 876. The van der Waals surface area contributed by atoms with Crippen molar-refractivity contribution in [1.29, 1.82) is 0 Å². The highest BCUT2D eigenvalue weighted by molar-refractivity contribution is 9.10. The van der Waals surface area contributed by atoms with Crippen LogP contribution in [0.3, 0.4) is 0 Å². The minimum atomic E-state index is 0.555. The molecule has 4 nitrogen and oxygen atoms in total. The number of hydrogen-bond donors (Lipinski definition) is 1. The van der Waals surface area contributed by atoms with Crippen LogP contribution in [-0.2, 0) is 18.0 Å². The number of halogens is 1. The lowest BCUT2D eigenvalue weighted by Gasteiger charge is -2.13. The van der Waals surface area contributed by atoms with Gasteiger partial charge in [0.15, 0.2) is 0 Å². The van der Waals surface area contributed by atoms with Gasteiger partial charge in [-0.25, -0.2) is 0 Å². The summed E-state index contributed by atoms with van der Waals surface area (Å²) in [6.07, 6.45) is 0. The van der Waals surface area contributed by atoms with Crippen molar-refractivity contribution in [3.63, 3.8) is 0 Å². The molecule has 0 aliphatic carbocycles. The van der Waals surface area contributed by atoms with E-state index in [0.29, 0.717) is 13.3 Å². The normalized spacial score (nSPS) is 14.4. The third-order valence-corrected chi connectivity index (χ3v) is 4.96. The molecule has 0 unspecified atom stereocenters. The predicted molar refractivity (Wildman–Crippen MR) is 110 cm³/mol. The van der Waals surface area contributed by atoms with Gasteiger partial charge < -0.3 is 4.74 Å². The maximum Gasteiger partial charge on any atom is 0.120 e. The molecule has 3 aromatic carbocycles. The Morgan fingerprint density at radius 3 is 2.44 bits per heavy atom. The third kappa shape index (κ3) is 4.96. The molecule has 1 aliphatic heterocycles. The molecule has 5 heteroatoms. The zero-order valence-corrected chi connectivity index (χ0v) is 16.5. The van der Waals surface area contributed by atoms with Crippen LogP contribution < -0.4 is 10.1 Å². The Hall–Kier alpha value is -2.18. The van der Waals surface area contributed by atoms with Crippen molar-refractivity contribution < 1.29 is 9.57 Å². The summed E-state index contributed by atoms with van der Waals surface area (Å²) in [5.41, 5.74) is 4.69. The van der Waals surface area contributed by atoms with E-state index in [1.807, 2.05) is 29.3 Å². The van der Waals surface area contributed by atoms with Crippen molar-refractivity contribution in [1.82, 2.24) is 10.4 Å². The van der Waals surface area contributed by atoms with Gasteiger partial charge in [-0.2, -0.15) is 5.06 Å². The van der Waals surface area contributed by atoms with Gasteiger partial charge in [-0.3, -0.25) is 10.2 Å². The zero-order valence-electron chi connectivity index (χ0n) is 14.9. The van der Waals surface area contributed by atoms with E-state index in [4.69, 9.17) is 9.57 Å². The van der Waals surface area contributed by atoms with Gasteiger partial charge in [0.1, 0.15) is 19.1 Å². The minimum absolute atomic E-state index is 0.555. The van der Waals surface area contributed by atoms with Crippen LogP contribution in [0.15, 0.2) is 77.3 Å². The number of rotatable bonds is 6. The minimum Gasteiger partial charge on any atom is -0.489 e. The van der Waals surface area contributed by atoms with Crippen LogP contribution in [0.25, 0.3) is 11.1 Å². The van der Waals surface area contributed by atoms with Crippen molar-refractivity contribution in [2.75, 3.05) is 13.4 Å². The molecule has 0 saturated carbocycles. The molecular weight excluding hydrogens is 404 g/mol. The summed E-state index contributed by atoms with van der Waals surface area (Å²) < 4.78 is 7.03. The number of ether oxygens (including phenoxy) is 1. The maximum absolute atomic E-state index is 5.96. The fourth-order valence-corrected chi connectivity index (χ4v) is 3.24. The van der Waals surface area contributed by atoms with E-state index in [1.165, 1.54) is 11.1 Å². The van der Waals surface area contributed by atoms with Gasteiger partial charge in [0.25, 0.3) is 0 Å². The van der Waals surface area contributed by atoms with Crippen LogP contribution in [0, 0.1) is 0 Å². The molecule has 1 heterocycles. The lowest BCUT2D eigenvalue weighted by atomic mass is 10.0. The van der Waals surface area contributed by atoms with E-state index in [2.05, 4.69) is 69.8 Å². The summed E-state index contributed by atoms with van der Waals surface area (Å²) in [7, 11) is 0.